The Labute approximate surface area is 173 Å². The van der Waals surface area contributed by atoms with Gasteiger partial charge in [0.2, 0.25) is 0 Å². The lowest BCUT2D eigenvalue weighted by Gasteiger charge is -2.25. The van der Waals surface area contributed by atoms with E-state index < -0.39 is 6.09 Å². The Morgan fingerprint density at radius 1 is 0.923 bits per heavy atom. The Morgan fingerprint density at radius 3 is 1.54 bits per heavy atom. The van der Waals surface area contributed by atoms with E-state index in [0.29, 0.717) is 13.1 Å². The number of benzene rings is 2. The molecule has 26 heavy (non-hydrogen) atoms. The van der Waals surface area contributed by atoms with Crippen LogP contribution in [0.25, 0.3) is 0 Å². The molecule has 0 aliphatic carbocycles. The highest BCUT2D eigenvalue weighted by molar-refractivity contribution is 14.0. The number of likely N-dealkylation sites (N-methyl/N-ethyl adjacent to an activating group) is 1. The lowest BCUT2D eigenvalue weighted by Crippen LogP contribution is -2.40. The van der Waals surface area contributed by atoms with Gasteiger partial charge in [0.15, 0.2) is 0 Å². The van der Waals surface area contributed by atoms with Gasteiger partial charge in [-0.2, -0.15) is 0 Å². The van der Waals surface area contributed by atoms with Crippen molar-refractivity contribution in [1.29, 1.82) is 0 Å². The lowest BCUT2D eigenvalue weighted by molar-refractivity contribution is -0.870. The molecular weight excluding hydrogens is 443 g/mol. The molecule has 0 atom stereocenters. The van der Waals surface area contributed by atoms with Crippen LogP contribution >= 0.6 is 24.0 Å². The molecule has 2 aromatic carbocycles. The fraction of sp³-hybridized carbons (Fsp3) is 0.350. The Morgan fingerprint density at radius 2 is 1.31 bits per heavy atom. The first-order valence-electron chi connectivity index (χ1n) is 8.27. The second-order valence-electron chi connectivity index (χ2n) is 6.83. The van der Waals surface area contributed by atoms with Crippen LogP contribution in [-0.2, 0) is 13.1 Å². The number of carbonyl (C=O) groups is 1. The Hall–Kier alpha value is -1.64. The third-order valence-corrected chi connectivity index (χ3v) is 3.46. The van der Waals surface area contributed by atoms with Crippen molar-refractivity contribution in [2.24, 2.45) is 0 Å². The van der Waals surface area contributed by atoms with Crippen LogP contribution in [-0.4, -0.2) is 54.9 Å². The van der Waals surface area contributed by atoms with Crippen molar-refractivity contribution in [3.05, 3.63) is 71.8 Å². The van der Waals surface area contributed by atoms with Gasteiger partial charge in [-0.15, -0.1) is 24.0 Å². The fourth-order valence-corrected chi connectivity index (χ4v) is 2.09. The van der Waals surface area contributed by atoms with Crippen molar-refractivity contribution in [2.75, 3.05) is 34.3 Å². The van der Waals surface area contributed by atoms with Gasteiger partial charge >= 0.3 is 0 Å². The number of carboxylic acid groups (broad SMARTS) is 1. The van der Waals surface area contributed by atoms with Gasteiger partial charge in [-0.1, -0.05) is 60.7 Å². The van der Waals surface area contributed by atoms with E-state index in [2.05, 4.69) is 21.1 Å². The summed E-state index contributed by atoms with van der Waals surface area (Å²) in [6, 6.07) is 19.0. The summed E-state index contributed by atoms with van der Waals surface area (Å²) < 4.78 is 0.844. The summed E-state index contributed by atoms with van der Waals surface area (Å²) in [5, 5.41) is 19.5. The highest BCUT2D eigenvalue weighted by Gasteiger charge is 2.06. The van der Waals surface area contributed by atoms with E-state index in [4.69, 9.17) is 5.11 Å². The molecule has 0 heterocycles. The Balaban J connectivity index is 0.000000673. The van der Waals surface area contributed by atoms with Gasteiger partial charge in [0.05, 0.1) is 27.7 Å². The van der Waals surface area contributed by atoms with Crippen LogP contribution in [0.4, 0.5) is 4.79 Å². The maximum atomic E-state index is 11.1. The van der Waals surface area contributed by atoms with Crippen molar-refractivity contribution >= 4 is 30.1 Å². The molecule has 0 saturated carbocycles. The van der Waals surface area contributed by atoms with Crippen molar-refractivity contribution in [3.8, 4) is 0 Å². The number of quaternary nitrogens is 1. The molecule has 0 saturated heterocycles. The molecule has 1 amide bonds. The highest BCUT2D eigenvalue weighted by Crippen LogP contribution is 2.09. The topological polar surface area (TPSA) is 63.6 Å². The predicted molar refractivity (Wildman–Crippen MR) is 113 cm³/mol. The van der Waals surface area contributed by atoms with E-state index in [9.17, 15) is 9.90 Å². The number of hydrogen-bond donors (Lipinski definition) is 1. The van der Waals surface area contributed by atoms with Crippen LogP contribution in [0.5, 0.6) is 0 Å². The molecule has 2 rings (SSSR count). The second kappa shape index (κ2) is 12.7. The van der Waals surface area contributed by atoms with E-state index in [1.807, 2.05) is 60.7 Å². The minimum absolute atomic E-state index is 0. The number of aliphatic hydroxyl groups is 1. The summed E-state index contributed by atoms with van der Waals surface area (Å²) in [5.41, 5.74) is 1.91. The van der Waals surface area contributed by atoms with E-state index in [1.54, 1.807) is 0 Å². The summed E-state index contributed by atoms with van der Waals surface area (Å²) in [6.45, 7) is 1.81. The molecule has 144 valence electrons. The summed E-state index contributed by atoms with van der Waals surface area (Å²) in [6.07, 6.45) is -1.15. The average Bonchev–Trinajstić information content (AvgIpc) is 2.55. The largest absolute Gasteiger partial charge is 0.530 e. The van der Waals surface area contributed by atoms with Crippen molar-refractivity contribution in [1.82, 2.24) is 4.90 Å². The first-order valence-corrected chi connectivity index (χ1v) is 8.27. The van der Waals surface area contributed by atoms with Gasteiger partial charge in [-0.3, -0.25) is 0 Å². The van der Waals surface area contributed by atoms with Crippen LogP contribution in [0, 0.1) is 0 Å². The molecule has 0 radical (unpaired) electrons. The van der Waals surface area contributed by atoms with Crippen LogP contribution in [0.15, 0.2) is 60.7 Å². The van der Waals surface area contributed by atoms with Crippen LogP contribution in [0.3, 0.4) is 0 Å². The molecule has 0 spiro atoms. The SMILES string of the molecule is C[N+](C)(C)CCO.I.O=C([O-])N(Cc1ccccc1)Cc1ccccc1. The third kappa shape index (κ3) is 11.1. The van der Waals surface area contributed by atoms with E-state index >= 15 is 0 Å². The minimum Gasteiger partial charge on any atom is -0.530 e. The van der Waals surface area contributed by atoms with Crippen molar-refractivity contribution < 1.29 is 19.5 Å². The monoisotopic (exact) mass is 472 g/mol. The summed E-state index contributed by atoms with van der Waals surface area (Å²) >= 11 is 0. The molecule has 0 aliphatic rings. The summed E-state index contributed by atoms with van der Waals surface area (Å²) in [7, 11) is 6.16. The van der Waals surface area contributed by atoms with Gasteiger partial charge in [-0.05, 0) is 11.1 Å². The maximum Gasteiger partial charge on any atom is 0.137 e. The lowest BCUT2D eigenvalue weighted by atomic mass is 10.2. The maximum absolute atomic E-state index is 11.1. The first kappa shape index (κ1) is 24.4. The van der Waals surface area contributed by atoms with E-state index in [1.165, 1.54) is 4.90 Å². The number of nitrogens with zero attached hydrogens (tertiary/aromatic N) is 2. The number of halogens is 1. The summed E-state index contributed by atoms with van der Waals surface area (Å²) in [4.78, 5) is 12.4. The molecular formula is C20H29IN2O3. The number of carbonyl (C=O) groups excluding carboxylic acids is 1. The van der Waals surface area contributed by atoms with Crippen LogP contribution < -0.4 is 5.11 Å². The Bertz CT molecular complexity index is 574. The molecule has 5 nitrogen and oxygen atoms in total. The normalized spacial score (nSPS) is 10.2. The Kier molecular flexibility index (Phi) is 11.9. The fourth-order valence-electron chi connectivity index (χ4n) is 2.09. The molecule has 0 fully saturated rings. The van der Waals surface area contributed by atoms with Gasteiger partial charge in [-0.25, -0.2) is 0 Å². The molecule has 2 aromatic rings. The second-order valence-corrected chi connectivity index (χ2v) is 6.83. The van der Waals surface area contributed by atoms with Gasteiger partial charge in [0.25, 0.3) is 0 Å². The molecule has 0 bridgehead atoms. The van der Waals surface area contributed by atoms with E-state index in [0.717, 1.165) is 22.2 Å². The van der Waals surface area contributed by atoms with E-state index in [-0.39, 0.29) is 30.6 Å². The number of rotatable bonds is 6. The number of amides is 1. The van der Waals surface area contributed by atoms with Crippen molar-refractivity contribution in [2.45, 2.75) is 13.1 Å². The molecule has 6 heteroatoms. The summed E-state index contributed by atoms with van der Waals surface area (Å²) in [5.74, 6) is 0. The number of aliphatic hydroxyl groups excluding tert-OH is 1. The standard InChI is InChI=1S/C15H15NO2.C5H14NO.HI/c17-15(18)16(11-13-7-3-1-4-8-13)12-14-9-5-2-6-10-14;1-6(2,3)4-5-7;/h1-10H,11-12H2,(H,17,18);7H,4-5H2,1-3H3;1H/q;+1;/p-1. The quantitative estimate of drug-likeness (QED) is 0.519. The first-order chi connectivity index (χ1) is 11.8. The zero-order valence-corrected chi connectivity index (χ0v) is 18.0. The zero-order chi connectivity index (χ0) is 18.7. The third-order valence-electron chi connectivity index (χ3n) is 3.46. The van der Waals surface area contributed by atoms with Gasteiger partial charge in [0, 0.05) is 13.1 Å². The highest BCUT2D eigenvalue weighted by atomic mass is 127. The molecule has 0 aliphatic heterocycles. The predicted octanol–water partition coefficient (Wildman–Crippen LogP) is 2.33. The van der Waals surface area contributed by atoms with Gasteiger partial charge < -0.3 is 24.4 Å². The van der Waals surface area contributed by atoms with Crippen LogP contribution in [0.1, 0.15) is 11.1 Å². The number of hydrogen-bond acceptors (Lipinski definition) is 3. The smallest absolute Gasteiger partial charge is 0.137 e. The average molecular weight is 472 g/mol. The molecule has 0 aromatic heterocycles. The zero-order valence-electron chi connectivity index (χ0n) is 15.7. The molecule has 1 N–H and O–H groups in total. The van der Waals surface area contributed by atoms with Crippen molar-refractivity contribution in [3.63, 3.8) is 0 Å². The van der Waals surface area contributed by atoms with Gasteiger partial charge in [0.1, 0.15) is 12.6 Å². The molecule has 0 unspecified atom stereocenters. The van der Waals surface area contributed by atoms with Crippen LogP contribution in [0.2, 0.25) is 0 Å². The minimum atomic E-state index is -1.15.